The maximum absolute atomic E-state index is 12.4. The van der Waals surface area contributed by atoms with Gasteiger partial charge in [0.05, 0.1) is 12.1 Å². The fourth-order valence-electron chi connectivity index (χ4n) is 1.87. The van der Waals surface area contributed by atoms with Gasteiger partial charge in [-0.15, -0.1) is 0 Å². The first-order chi connectivity index (χ1) is 8.61. The van der Waals surface area contributed by atoms with E-state index in [0.29, 0.717) is 11.1 Å². The molecule has 0 unspecified atom stereocenters. The number of fused-ring (bicyclic) bond motifs is 1. The average molecular weight is 315 g/mol. The zero-order valence-corrected chi connectivity index (χ0v) is 11.5. The number of aromatic nitrogens is 1. The highest BCUT2D eigenvalue weighted by Crippen LogP contribution is 2.25. The molecular weight excluding hydrogens is 302 g/mol. The fourth-order valence-corrected chi connectivity index (χ4v) is 2.28. The number of hydrogen-bond donors (Lipinski definition) is 0. The van der Waals surface area contributed by atoms with E-state index >= 15 is 0 Å². The highest BCUT2D eigenvalue weighted by Gasteiger charge is 2.14. The van der Waals surface area contributed by atoms with Crippen LogP contribution in [0.25, 0.3) is 10.9 Å². The summed E-state index contributed by atoms with van der Waals surface area (Å²) in [6.45, 7) is -0.314. The molecule has 5 heteroatoms. The second-order valence-electron chi connectivity index (χ2n) is 4.07. The number of pyridine rings is 1. The Morgan fingerprint density at radius 2 is 2.06 bits per heavy atom. The normalized spacial score (nSPS) is 11.2. The van der Waals surface area contributed by atoms with Crippen molar-refractivity contribution in [2.45, 2.75) is 11.8 Å². The summed E-state index contributed by atoms with van der Waals surface area (Å²) < 4.78 is 24.9. The molecule has 0 aliphatic rings. The SMILES string of the molecule is CN(CC(F)F)c1nc2ccccc2cc1CBr. The van der Waals surface area contributed by atoms with Gasteiger partial charge in [-0.3, -0.25) is 0 Å². The molecule has 1 heterocycles. The number of hydrogen-bond acceptors (Lipinski definition) is 2. The topological polar surface area (TPSA) is 16.1 Å². The van der Waals surface area contributed by atoms with Gasteiger partial charge in [-0.1, -0.05) is 34.1 Å². The number of rotatable bonds is 4. The maximum Gasteiger partial charge on any atom is 0.255 e. The van der Waals surface area contributed by atoms with Gasteiger partial charge in [0.2, 0.25) is 0 Å². The van der Waals surface area contributed by atoms with Gasteiger partial charge in [-0.25, -0.2) is 13.8 Å². The van der Waals surface area contributed by atoms with E-state index < -0.39 is 6.43 Å². The number of anilines is 1. The quantitative estimate of drug-likeness (QED) is 0.797. The molecule has 0 bridgehead atoms. The lowest BCUT2D eigenvalue weighted by atomic mass is 10.1. The van der Waals surface area contributed by atoms with E-state index in [2.05, 4.69) is 20.9 Å². The van der Waals surface area contributed by atoms with Crippen LogP contribution in [0.2, 0.25) is 0 Å². The highest BCUT2D eigenvalue weighted by atomic mass is 79.9. The Labute approximate surface area is 113 Å². The summed E-state index contributed by atoms with van der Waals surface area (Å²) >= 11 is 3.37. The van der Waals surface area contributed by atoms with Crippen molar-refractivity contribution in [3.8, 4) is 0 Å². The van der Waals surface area contributed by atoms with Crippen molar-refractivity contribution < 1.29 is 8.78 Å². The summed E-state index contributed by atoms with van der Waals surface area (Å²) in [7, 11) is 1.63. The zero-order chi connectivity index (χ0) is 13.1. The largest absolute Gasteiger partial charge is 0.354 e. The molecule has 2 nitrogen and oxygen atoms in total. The second kappa shape index (κ2) is 5.61. The lowest BCUT2D eigenvalue weighted by molar-refractivity contribution is 0.156. The molecule has 0 saturated heterocycles. The molecule has 0 amide bonds. The molecule has 2 aromatic rings. The minimum atomic E-state index is -2.37. The number of nitrogens with zero attached hydrogens (tertiary/aromatic N) is 2. The van der Waals surface area contributed by atoms with Crippen molar-refractivity contribution in [1.29, 1.82) is 0 Å². The number of benzene rings is 1. The van der Waals surface area contributed by atoms with E-state index in [1.54, 1.807) is 7.05 Å². The van der Waals surface area contributed by atoms with Crippen molar-refractivity contribution in [2.24, 2.45) is 0 Å². The van der Waals surface area contributed by atoms with E-state index in [1.807, 2.05) is 30.3 Å². The number of para-hydroxylation sites is 1. The molecule has 0 radical (unpaired) electrons. The van der Waals surface area contributed by atoms with Gasteiger partial charge >= 0.3 is 0 Å². The van der Waals surface area contributed by atoms with Crippen LogP contribution in [0.3, 0.4) is 0 Å². The Balaban J connectivity index is 2.47. The molecule has 96 valence electrons. The molecule has 0 fully saturated rings. The van der Waals surface area contributed by atoms with Crippen LogP contribution in [0.15, 0.2) is 30.3 Å². The van der Waals surface area contributed by atoms with Crippen LogP contribution in [-0.2, 0) is 5.33 Å². The van der Waals surface area contributed by atoms with Crippen LogP contribution in [0.1, 0.15) is 5.56 Å². The summed E-state index contributed by atoms with van der Waals surface area (Å²) in [4.78, 5) is 5.96. The predicted octanol–water partition coefficient (Wildman–Crippen LogP) is 3.83. The van der Waals surface area contributed by atoms with Crippen molar-refractivity contribution in [1.82, 2.24) is 4.98 Å². The van der Waals surface area contributed by atoms with Gasteiger partial charge in [0.1, 0.15) is 5.82 Å². The Morgan fingerprint density at radius 1 is 1.33 bits per heavy atom. The molecule has 0 N–H and O–H groups in total. The summed E-state index contributed by atoms with van der Waals surface area (Å²) in [6, 6.07) is 9.65. The lowest BCUT2D eigenvalue weighted by Crippen LogP contribution is -2.26. The Hall–Kier alpha value is -1.23. The molecular formula is C13H13BrF2N2. The van der Waals surface area contributed by atoms with Crippen LogP contribution in [0.4, 0.5) is 14.6 Å². The van der Waals surface area contributed by atoms with Crippen molar-refractivity contribution in [3.05, 3.63) is 35.9 Å². The summed E-state index contributed by atoms with van der Waals surface area (Å²) in [5, 5.41) is 1.61. The van der Waals surface area contributed by atoms with E-state index in [0.717, 1.165) is 16.5 Å². The van der Waals surface area contributed by atoms with Gasteiger partial charge in [0.25, 0.3) is 6.43 Å². The first kappa shape index (κ1) is 13.2. The molecule has 0 atom stereocenters. The molecule has 0 saturated carbocycles. The van der Waals surface area contributed by atoms with Crippen molar-refractivity contribution in [2.75, 3.05) is 18.5 Å². The van der Waals surface area contributed by atoms with Gasteiger partial charge in [-0.05, 0) is 12.1 Å². The highest BCUT2D eigenvalue weighted by molar-refractivity contribution is 9.08. The van der Waals surface area contributed by atoms with Crippen molar-refractivity contribution >= 4 is 32.7 Å². The predicted molar refractivity (Wildman–Crippen MR) is 73.6 cm³/mol. The first-order valence-corrected chi connectivity index (χ1v) is 6.68. The number of halogens is 3. The third kappa shape index (κ3) is 2.77. The van der Waals surface area contributed by atoms with Crippen molar-refractivity contribution in [3.63, 3.8) is 0 Å². The maximum atomic E-state index is 12.4. The average Bonchev–Trinajstić information content (AvgIpc) is 2.36. The molecule has 18 heavy (non-hydrogen) atoms. The second-order valence-corrected chi connectivity index (χ2v) is 4.63. The van der Waals surface area contributed by atoms with Crippen LogP contribution in [-0.4, -0.2) is 25.0 Å². The van der Waals surface area contributed by atoms with E-state index in [4.69, 9.17) is 0 Å². The molecule has 1 aromatic carbocycles. The Morgan fingerprint density at radius 3 is 2.72 bits per heavy atom. The molecule has 0 aliphatic heterocycles. The van der Waals surface area contributed by atoms with Crippen LogP contribution >= 0.6 is 15.9 Å². The van der Waals surface area contributed by atoms with Gasteiger partial charge in [-0.2, -0.15) is 0 Å². The third-order valence-corrected chi connectivity index (χ3v) is 3.30. The Bertz CT molecular complexity index is 546. The smallest absolute Gasteiger partial charge is 0.255 e. The summed E-state index contributed by atoms with van der Waals surface area (Å²) in [6.07, 6.45) is -2.37. The molecule has 0 aliphatic carbocycles. The lowest BCUT2D eigenvalue weighted by Gasteiger charge is -2.20. The minimum absolute atomic E-state index is 0.314. The molecule has 1 aromatic heterocycles. The zero-order valence-electron chi connectivity index (χ0n) is 9.91. The van der Waals surface area contributed by atoms with Crippen LogP contribution in [0.5, 0.6) is 0 Å². The summed E-state index contributed by atoms with van der Waals surface area (Å²) in [5.74, 6) is 0.603. The standard InChI is InChI=1S/C13H13BrF2N2/c1-18(8-12(15)16)13-10(7-14)6-9-4-2-3-5-11(9)17-13/h2-6,12H,7-8H2,1H3. The van der Waals surface area contributed by atoms with Crippen LogP contribution in [0, 0.1) is 0 Å². The van der Waals surface area contributed by atoms with Crippen LogP contribution < -0.4 is 4.90 Å². The van der Waals surface area contributed by atoms with Gasteiger partial charge < -0.3 is 4.90 Å². The van der Waals surface area contributed by atoms with E-state index in [-0.39, 0.29) is 6.54 Å². The minimum Gasteiger partial charge on any atom is -0.354 e. The monoisotopic (exact) mass is 314 g/mol. The van der Waals surface area contributed by atoms with Gasteiger partial charge in [0.15, 0.2) is 0 Å². The molecule has 2 rings (SSSR count). The summed E-state index contributed by atoms with van der Waals surface area (Å²) in [5.41, 5.74) is 1.73. The first-order valence-electron chi connectivity index (χ1n) is 5.55. The van der Waals surface area contributed by atoms with Gasteiger partial charge in [0, 0.05) is 23.3 Å². The molecule has 0 spiro atoms. The Kier molecular flexibility index (Phi) is 4.11. The third-order valence-electron chi connectivity index (χ3n) is 2.70. The van der Waals surface area contributed by atoms with E-state index in [1.165, 1.54) is 4.90 Å². The fraction of sp³-hybridized carbons (Fsp3) is 0.308. The van der Waals surface area contributed by atoms with E-state index in [9.17, 15) is 8.78 Å². The number of alkyl halides is 3.